The molecular formula is C15H11F2NO. The Kier molecular flexibility index (Phi) is 4.22. The van der Waals surface area contributed by atoms with E-state index in [9.17, 15) is 8.78 Å². The quantitative estimate of drug-likeness (QED) is 0.840. The lowest BCUT2D eigenvalue weighted by Crippen LogP contribution is -2.07. The molecule has 2 rings (SSSR count). The van der Waals surface area contributed by atoms with Crippen molar-refractivity contribution in [2.24, 2.45) is 0 Å². The van der Waals surface area contributed by atoms with Gasteiger partial charge in [0.25, 0.3) is 0 Å². The van der Waals surface area contributed by atoms with Gasteiger partial charge in [0.1, 0.15) is 24.3 Å². The average molecular weight is 259 g/mol. The fourth-order valence-electron chi connectivity index (χ4n) is 1.78. The molecule has 0 heterocycles. The van der Waals surface area contributed by atoms with Gasteiger partial charge in [-0.3, -0.25) is 0 Å². The third kappa shape index (κ3) is 3.36. The van der Waals surface area contributed by atoms with Gasteiger partial charge < -0.3 is 4.74 Å². The molecule has 19 heavy (non-hydrogen) atoms. The van der Waals surface area contributed by atoms with Crippen LogP contribution in [0.1, 0.15) is 17.2 Å². The SMILES string of the molecule is N#CCOC(c1ccc(F)cc1)c1ccc(F)cc1. The Hall–Kier alpha value is -2.25. The molecule has 0 spiro atoms. The maximum atomic E-state index is 12.9. The minimum Gasteiger partial charge on any atom is -0.354 e. The van der Waals surface area contributed by atoms with Gasteiger partial charge in [0, 0.05) is 0 Å². The van der Waals surface area contributed by atoms with Gasteiger partial charge in [0.15, 0.2) is 0 Å². The van der Waals surface area contributed by atoms with Gasteiger partial charge in [0.2, 0.25) is 0 Å². The smallest absolute Gasteiger partial charge is 0.134 e. The molecule has 0 radical (unpaired) electrons. The van der Waals surface area contributed by atoms with E-state index in [1.54, 1.807) is 24.3 Å². The zero-order valence-corrected chi connectivity index (χ0v) is 10.0. The second-order valence-corrected chi connectivity index (χ2v) is 3.95. The van der Waals surface area contributed by atoms with Gasteiger partial charge in [-0.15, -0.1) is 0 Å². The van der Waals surface area contributed by atoms with E-state index in [0.29, 0.717) is 11.1 Å². The Morgan fingerprint density at radius 3 is 1.68 bits per heavy atom. The molecule has 2 nitrogen and oxygen atoms in total. The van der Waals surface area contributed by atoms with Gasteiger partial charge >= 0.3 is 0 Å². The highest BCUT2D eigenvalue weighted by atomic mass is 19.1. The molecule has 0 amide bonds. The highest BCUT2D eigenvalue weighted by molar-refractivity contribution is 5.30. The Morgan fingerprint density at radius 1 is 0.895 bits per heavy atom. The van der Waals surface area contributed by atoms with E-state index in [2.05, 4.69) is 0 Å². The average Bonchev–Trinajstić information content (AvgIpc) is 2.43. The largest absolute Gasteiger partial charge is 0.354 e. The molecule has 0 N–H and O–H groups in total. The van der Waals surface area contributed by atoms with Crippen LogP contribution in [0, 0.1) is 23.0 Å². The number of nitriles is 1. The molecule has 0 aliphatic rings. The summed E-state index contributed by atoms with van der Waals surface area (Å²) in [5, 5.41) is 8.60. The Morgan fingerprint density at radius 2 is 1.32 bits per heavy atom. The van der Waals surface area contributed by atoms with E-state index < -0.39 is 6.10 Å². The molecule has 96 valence electrons. The van der Waals surface area contributed by atoms with Crippen molar-refractivity contribution in [2.45, 2.75) is 6.10 Å². The fraction of sp³-hybridized carbons (Fsp3) is 0.133. The summed E-state index contributed by atoms with van der Waals surface area (Å²) in [4.78, 5) is 0. The van der Waals surface area contributed by atoms with Crippen LogP contribution in [0.15, 0.2) is 48.5 Å². The second kappa shape index (κ2) is 6.07. The van der Waals surface area contributed by atoms with Crippen molar-refractivity contribution in [1.82, 2.24) is 0 Å². The summed E-state index contributed by atoms with van der Waals surface area (Å²) in [6.07, 6.45) is -0.513. The first kappa shape index (κ1) is 13.2. The molecule has 0 aromatic heterocycles. The molecule has 0 saturated carbocycles. The lowest BCUT2D eigenvalue weighted by Gasteiger charge is -2.17. The maximum absolute atomic E-state index is 12.9. The van der Waals surface area contributed by atoms with Crippen molar-refractivity contribution in [3.63, 3.8) is 0 Å². The summed E-state index contributed by atoms with van der Waals surface area (Å²) in [6.45, 7) is -0.0978. The Balaban J connectivity index is 2.32. The molecule has 2 aromatic rings. The van der Waals surface area contributed by atoms with Crippen LogP contribution >= 0.6 is 0 Å². The van der Waals surface area contributed by atoms with Crippen LogP contribution in [0.25, 0.3) is 0 Å². The van der Waals surface area contributed by atoms with Gasteiger partial charge in [0.05, 0.1) is 6.07 Å². The number of ether oxygens (including phenoxy) is 1. The highest BCUT2D eigenvalue weighted by Gasteiger charge is 2.14. The number of halogens is 2. The summed E-state index contributed by atoms with van der Waals surface area (Å²) in [5.41, 5.74) is 1.42. The molecule has 2 aromatic carbocycles. The molecule has 0 atom stereocenters. The first-order valence-corrected chi connectivity index (χ1v) is 5.70. The normalized spacial score (nSPS) is 10.4. The van der Waals surface area contributed by atoms with Gasteiger partial charge in [-0.1, -0.05) is 24.3 Å². The highest BCUT2D eigenvalue weighted by Crippen LogP contribution is 2.26. The molecule has 0 saturated heterocycles. The summed E-state index contributed by atoms with van der Waals surface area (Å²) in [6, 6.07) is 13.5. The standard InChI is InChI=1S/C15H11F2NO/c16-13-5-1-11(2-6-13)15(19-10-9-18)12-3-7-14(17)8-4-12/h1-8,15H,10H2. The van der Waals surface area contributed by atoms with Crippen molar-refractivity contribution in [3.8, 4) is 6.07 Å². The van der Waals surface area contributed by atoms with Crippen molar-refractivity contribution in [1.29, 1.82) is 5.26 Å². The molecule has 0 aliphatic carbocycles. The summed E-state index contributed by atoms with van der Waals surface area (Å²) in [7, 11) is 0. The molecule has 0 fully saturated rings. The number of hydrogen-bond acceptors (Lipinski definition) is 2. The third-order valence-corrected chi connectivity index (χ3v) is 2.66. The summed E-state index contributed by atoms with van der Waals surface area (Å²) < 4.78 is 31.3. The Labute approximate surface area is 109 Å². The van der Waals surface area contributed by atoms with Crippen molar-refractivity contribution < 1.29 is 13.5 Å². The number of nitrogens with zero attached hydrogens (tertiary/aromatic N) is 1. The first-order chi connectivity index (χ1) is 9.20. The maximum Gasteiger partial charge on any atom is 0.134 e. The van der Waals surface area contributed by atoms with Crippen LogP contribution in [-0.2, 0) is 4.74 Å². The molecule has 0 bridgehead atoms. The second-order valence-electron chi connectivity index (χ2n) is 3.95. The predicted octanol–water partition coefficient (Wildman–Crippen LogP) is 3.59. The molecule has 4 heteroatoms. The van der Waals surface area contributed by atoms with Crippen LogP contribution < -0.4 is 0 Å². The first-order valence-electron chi connectivity index (χ1n) is 5.70. The van der Waals surface area contributed by atoms with E-state index in [1.165, 1.54) is 24.3 Å². The van der Waals surface area contributed by atoms with Crippen molar-refractivity contribution in [3.05, 3.63) is 71.3 Å². The van der Waals surface area contributed by atoms with Crippen LogP contribution in [-0.4, -0.2) is 6.61 Å². The number of rotatable bonds is 4. The molecule has 0 aliphatic heterocycles. The zero-order chi connectivity index (χ0) is 13.7. The molecule has 0 unspecified atom stereocenters. The van der Waals surface area contributed by atoms with E-state index >= 15 is 0 Å². The van der Waals surface area contributed by atoms with Crippen molar-refractivity contribution >= 4 is 0 Å². The van der Waals surface area contributed by atoms with E-state index in [0.717, 1.165) is 0 Å². The van der Waals surface area contributed by atoms with Crippen molar-refractivity contribution in [2.75, 3.05) is 6.61 Å². The minimum absolute atomic E-state index is 0.0978. The third-order valence-electron chi connectivity index (χ3n) is 2.66. The van der Waals surface area contributed by atoms with E-state index in [-0.39, 0.29) is 18.2 Å². The summed E-state index contributed by atoms with van der Waals surface area (Å²) in [5.74, 6) is -0.691. The zero-order valence-electron chi connectivity index (χ0n) is 10.0. The van der Waals surface area contributed by atoms with Gasteiger partial charge in [-0.2, -0.15) is 5.26 Å². The lowest BCUT2D eigenvalue weighted by molar-refractivity contribution is 0.107. The van der Waals surface area contributed by atoms with Crippen LogP contribution in [0.4, 0.5) is 8.78 Å². The van der Waals surface area contributed by atoms with E-state index in [4.69, 9.17) is 10.00 Å². The number of benzene rings is 2. The number of hydrogen-bond donors (Lipinski definition) is 0. The lowest BCUT2D eigenvalue weighted by atomic mass is 10.0. The van der Waals surface area contributed by atoms with Crippen LogP contribution in [0.2, 0.25) is 0 Å². The Bertz CT molecular complexity index is 527. The summed E-state index contributed by atoms with van der Waals surface area (Å²) >= 11 is 0. The van der Waals surface area contributed by atoms with Crippen LogP contribution in [0.5, 0.6) is 0 Å². The fourth-order valence-corrected chi connectivity index (χ4v) is 1.78. The monoisotopic (exact) mass is 259 g/mol. The van der Waals surface area contributed by atoms with Gasteiger partial charge in [-0.25, -0.2) is 8.78 Å². The topological polar surface area (TPSA) is 33.0 Å². The minimum atomic E-state index is -0.513. The van der Waals surface area contributed by atoms with Crippen LogP contribution in [0.3, 0.4) is 0 Å². The van der Waals surface area contributed by atoms with E-state index in [1.807, 2.05) is 6.07 Å². The predicted molar refractivity (Wildman–Crippen MR) is 66.2 cm³/mol. The van der Waals surface area contributed by atoms with Gasteiger partial charge in [-0.05, 0) is 35.4 Å². The molecular weight excluding hydrogens is 248 g/mol.